The molecule has 1 aromatic heterocycles. The van der Waals surface area contributed by atoms with Gasteiger partial charge in [-0.05, 0) is 44.0 Å². The maximum absolute atomic E-state index is 12.2. The Morgan fingerprint density at radius 3 is 2.83 bits per heavy atom. The van der Waals surface area contributed by atoms with Crippen LogP contribution in [0.4, 0.5) is 0 Å². The number of carbonyl (C=O) groups excluding carboxylic acids is 2. The number of carbonyl (C=O) groups is 2. The Kier molecular flexibility index (Phi) is 4.22. The average molecular weight is 313 g/mol. The zero-order valence-corrected chi connectivity index (χ0v) is 13.7. The van der Waals surface area contributed by atoms with E-state index in [4.69, 9.17) is 5.73 Å². The molecule has 1 aliphatic carbocycles. The van der Waals surface area contributed by atoms with Crippen LogP contribution in [0, 0.1) is 0 Å². The number of nitrogens with two attached hydrogens (primary N) is 1. The van der Waals surface area contributed by atoms with Crippen LogP contribution < -0.4 is 11.1 Å². The molecule has 0 saturated carbocycles. The summed E-state index contributed by atoms with van der Waals surface area (Å²) < 4.78 is 2.30. The minimum atomic E-state index is -0.120. The molecule has 0 unspecified atom stereocenters. The number of benzene rings is 1. The number of hydrogen-bond donors (Lipinski definition) is 2. The molecule has 0 spiro atoms. The van der Waals surface area contributed by atoms with Crippen molar-refractivity contribution < 1.29 is 9.59 Å². The van der Waals surface area contributed by atoms with Crippen LogP contribution in [-0.2, 0) is 17.6 Å². The fraction of sp³-hybridized carbons (Fsp3) is 0.444. The van der Waals surface area contributed by atoms with Gasteiger partial charge in [-0.1, -0.05) is 0 Å². The van der Waals surface area contributed by atoms with Crippen LogP contribution in [0.25, 0.3) is 10.9 Å². The summed E-state index contributed by atoms with van der Waals surface area (Å²) in [5.74, 6) is 0.156. The number of fused-ring (bicyclic) bond motifs is 3. The standard InChI is InChI=1S/C18H23N3O2/c1-11(2)21-16-5-3-12(18(23)20-8-7-19)9-14(16)15-10-13(22)4-6-17(15)21/h3,5,9,11H,4,6-8,10,19H2,1-2H3,(H,20,23). The molecule has 0 saturated heterocycles. The Hall–Kier alpha value is -2.14. The Labute approximate surface area is 135 Å². The first-order chi connectivity index (χ1) is 11.0. The molecule has 23 heavy (non-hydrogen) atoms. The van der Waals surface area contributed by atoms with Crippen molar-refractivity contribution in [1.29, 1.82) is 0 Å². The van der Waals surface area contributed by atoms with Gasteiger partial charge in [0, 0.05) is 54.1 Å². The minimum absolute atomic E-state index is 0.120. The number of ketones is 1. The summed E-state index contributed by atoms with van der Waals surface area (Å²) in [6, 6.07) is 6.08. The highest BCUT2D eigenvalue weighted by Crippen LogP contribution is 2.34. The lowest BCUT2D eigenvalue weighted by Gasteiger charge is -2.18. The zero-order chi connectivity index (χ0) is 16.6. The van der Waals surface area contributed by atoms with Crippen LogP contribution >= 0.6 is 0 Å². The Bertz CT molecular complexity index is 774. The second kappa shape index (κ2) is 6.16. The molecular formula is C18H23N3O2. The highest BCUT2D eigenvalue weighted by atomic mass is 16.1. The van der Waals surface area contributed by atoms with Gasteiger partial charge in [-0.25, -0.2) is 0 Å². The molecule has 1 aromatic carbocycles. The molecule has 5 heteroatoms. The van der Waals surface area contributed by atoms with E-state index < -0.39 is 0 Å². The summed E-state index contributed by atoms with van der Waals surface area (Å²) in [5, 5.41) is 3.82. The Balaban J connectivity index is 2.13. The first kappa shape index (κ1) is 15.7. The third-order valence-electron chi connectivity index (χ3n) is 4.44. The molecule has 1 amide bonds. The van der Waals surface area contributed by atoms with Crippen molar-refractivity contribution in [3.63, 3.8) is 0 Å². The normalized spacial score (nSPS) is 14.3. The predicted octanol–water partition coefficient (Wildman–Crippen LogP) is 1.97. The van der Waals surface area contributed by atoms with Crippen molar-refractivity contribution in [3.05, 3.63) is 35.0 Å². The van der Waals surface area contributed by atoms with Crippen molar-refractivity contribution in [1.82, 2.24) is 9.88 Å². The largest absolute Gasteiger partial charge is 0.351 e. The number of nitrogens with one attached hydrogen (secondary N) is 1. The van der Waals surface area contributed by atoms with E-state index in [-0.39, 0.29) is 11.7 Å². The summed E-state index contributed by atoms with van der Waals surface area (Å²) in [7, 11) is 0. The smallest absolute Gasteiger partial charge is 0.251 e. The second-order valence-corrected chi connectivity index (χ2v) is 6.38. The SMILES string of the molecule is CC(C)n1c2c(c3cc(C(=O)NCCN)ccc31)CC(=O)CC2. The van der Waals surface area contributed by atoms with Gasteiger partial charge in [-0.3, -0.25) is 9.59 Å². The first-order valence-electron chi connectivity index (χ1n) is 8.18. The van der Waals surface area contributed by atoms with Crippen molar-refractivity contribution in [2.75, 3.05) is 13.1 Å². The fourth-order valence-electron chi connectivity index (χ4n) is 3.46. The van der Waals surface area contributed by atoms with Gasteiger partial charge in [0.2, 0.25) is 0 Å². The van der Waals surface area contributed by atoms with Gasteiger partial charge in [0.05, 0.1) is 0 Å². The third kappa shape index (κ3) is 2.77. The van der Waals surface area contributed by atoms with Crippen LogP contribution in [0.2, 0.25) is 0 Å². The van der Waals surface area contributed by atoms with E-state index >= 15 is 0 Å². The number of aromatic nitrogens is 1. The molecule has 0 radical (unpaired) electrons. The zero-order valence-electron chi connectivity index (χ0n) is 13.7. The molecule has 0 atom stereocenters. The predicted molar refractivity (Wildman–Crippen MR) is 90.7 cm³/mol. The molecule has 1 aliphatic rings. The van der Waals surface area contributed by atoms with Gasteiger partial charge in [-0.2, -0.15) is 0 Å². The summed E-state index contributed by atoms with van der Waals surface area (Å²) in [4.78, 5) is 24.1. The second-order valence-electron chi connectivity index (χ2n) is 6.38. The summed E-state index contributed by atoms with van der Waals surface area (Å²) in [5.41, 5.74) is 9.50. The van der Waals surface area contributed by atoms with Crippen LogP contribution in [-0.4, -0.2) is 29.3 Å². The van der Waals surface area contributed by atoms with E-state index in [2.05, 4.69) is 23.7 Å². The van der Waals surface area contributed by atoms with Gasteiger partial charge in [-0.15, -0.1) is 0 Å². The highest BCUT2D eigenvalue weighted by molar-refractivity contribution is 6.00. The highest BCUT2D eigenvalue weighted by Gasteiger charge is 2.25. The molecule has 3 N–H and O–H groups in total. The lowest BCUT2D eigenvalue weighted by Crippen LogP contribution is -2.28. The maximum Gasteiger partial charge on any atom is 0.251 e. The summed E-state index contributed by atoms with van der Waals surface area (Å²) in [6.45, 7) is 5.18. The number of nitrogens with zero attached hydrogens (tertiary/aromatic N) is 1. The molecule has 0 fully saturated rings. The van der Waals surface area contributed by atoms with E-state index in [1.54, 1.807) is 0 Å². The van der Waals surface area contributed by atoms with Gasteiger partial charge in [0.25, 0.3) is 5.91 Å². The van der Waals surface area contributed by atoms with Crippen LogP contribution in [0.3, 0.4) is 0 Å². The molecule has 2 aromatic rings. The molecule has 3 rings (SSSR count). The minimum Gasteiger partial charge on any atom is -0.351 e. The summed E-state index contributed by atoms with van der Waals surface area (Å²) >= 11 is 0. The molecule has 1 heterocycles. The Morgan fingerprint density at radius 2 is 2.13 bits per heavy atom. The average Bonchev–Trinajstić information content (AvgIpc) is 2.85. The lowest BCUT2D eigenvalue weighted by atomic mass is 9.94. The van der Waals surface area contributed by atoms with E-state index in [1.165, 1.54) is 5.69 Å². The number of rotatable bonds is 4. The van der Waals surface area contributed by atoms with Crippen LogP contribution in [0.1, 0.15) is 47.9 Å². The van der Waals surface area contributed by atoms with Crippen molar-refractivity contribution in [2.24, 2.45) is 5.73 Å². The lowest BCUT2D eigenvalue weighted by molar-refractivity contribution is -0.118. The number of hydrogen-bond acceptors (Lipinski definition) is 3. The number of Topliss-reactive ketones (excluding diaryl/α,β-unsaturated/α-hetero) is 1. The quantitative estimate of drug-likeness (QED) is 0.906. The molecule has 122 valence electrons. The third-order valence-corrected chi connectivity index (χ3v) is 4.44. The van der Waals surface area contributed by atoms with E-state index in [1.807, 2.05) is 18.2 Å². The van der Waals surface area contributed by atoms with Crippen molar-refractivity contribution in [2.45, 2.75) is 39.2 Å². The number of amides is 1. The Morgan fingerprint density at radius 1 is 1.35 bits per heavy atom. The first-order valence-corrected chi connectivity index (χ1v) is 8.18. The van der Waals surface area contributed by atoms with E-state index in [9.17, 15) is 9.59 Å². The topological polar surface area (TPSA) is 77.1 Å². The van der Waals surface area contributed by atoms with Crippen molar-refractivity contribution in [3.8, 4) is 0 Å². The molecule has 0 aliphatic heterocycles. The van der Waals surface area contributed by atoms with Gasteiger partial charge in [0.1, 0.15) is 5.78 Å². The summed E-state index contributed by atoms with van der Waals surface area (Å²) in [6.07, 6.45) is 1.87. The molecule has 0 bridgehead atoms. The van der Waals surface area contributed by atoms with Gasteiger partial charge < -0.3 is 15.6 Å². The van der Waals surface area contributed by atoms with E-state index in [0.717, 1.165) is 22.9 Å². The maximum atomic E-state index is 12.2. The monoisotopic (exact) mass is 313 g/mol. The van der Waals surface area contributed by atoms with Crippen LogP contribution in [0.15, 0.2) is 18.2 Å². The van der Waals surface area contributed by atoms with Crippen LogP contribution in [0.5, 0.6) is 0 Å². The molecular weight excluding hydrogens is 290 g/mol. The van der Waals surface area contributed by atoms with Crippen molar-refractivity contribution >= 4 is 22.6 Å². The van der Waals surface area contributed by atoms with E-state index in [0.29, 0.717) is 37.5 Å². The van der Waals surface area contributed by atoms with Gasteiger partial charge >= 0.3 is 0 Å². The fourth-order valence-corrected chi connectivity index (χ4v) is 3.46. The van der Waals surface area contributed by atoms with Gasteiger partial charge in [0.15, 0.2) is 0 Å². The molecule has 5 nitrogen and oxygen atoms in total.